The summed E-state index contributed by atoms with van der Waals surface area (Å²) in [6.07, 6.45) is 3.47. The number of rotatable bonds is 5. The number of carbonyl (C=O) groups is 1. The monoisotopic (exact) mass is 460 g/mol. The van der Waals surface area contributed by atoms with E-state index in [1.807, 2.05) is 32.0 Å². The molecule has 1 atom stereocenters. The number of hydrogen-bond acceptors (Lipinski definition) is 4. The van der Waals surface area contributed by atoms with E-state index in [-0.39, 0.29) is 11.4 Å². The molecular weight excluding hydrogens is 424 g/mol. The zero-order valence-corrected chi connectivity index (χ0v) is 21.1. The van der Waals surface area contributed by atoms with Crippen LogP contribution in [0.4, 0.5) is 4.79 Å². The topological polar surface area (TPSA) is 68.7 Å². The summed E-state index contributed by atoms with van der Waals surface area (Å²) in [5.74, 6) is 6.88. The van der Waals surface area contributed by atoms with Crippen molar-refractivity contribution in [2.24, 2.45) is 5.41 Å². The van der Waals surface area contributed by atoms with Gasteiger partial charge >= 0.3 is 6.03 Å². The quantitative estimate of drug-likeness (QED) is 0.670. The number of nitrogens with one attached hydrogen (secondary N) is 1. The number of carbonyl (C=O) groups excluding carboxylic acids is 1. The van der Waals surface area contributed by atoms with Crippen molar-refractivity contribution in [3.63, 3.8) is 0 Å². The molecule has 2 aromatic rings. The Morgan fingerprint density at radius 2 is 1.82 bits per heavy atom. The van der Waals surface area contributed by atoms with Gasteiger partial charge < -0.3 is 20.2 Å². The first kappa shape index (κ1) is 24.3. The Labute approximate surface area is 203 Å². The third-order valence-electron chi connectivity index (χ3n) is 7.31. The van der Waals surface area contributed by atoms with E-state index in [1.165, 1.54) is 5.56 Å². The number of amides is 2. The van der Waals surface area contributed by atoms with Gasteiger partial charge in [-0.1, -0.05) is 56.9 Å². The smallest absolute Gasteiger partial charge is 0.318 e. The fourth-order valence-electron chi connectivity index (χ4n) is 5.35. The summed E-state index contributed by atoms with van der Waals surface area (Å²) in [5, 5.41) is 15.2. The van der Waals surface area contributed by atoms with Gasteiger partial charge in [0, 0.05) is 55.1 Å². The van der Waals surface area contributed by atoms with Crippen LogP contribution in [-0.4, -0.2) is 64.7 Å². The van der Waals surface area contributed by atoms with Gasteiger partial charge in [0.15, 0.2) is 0 Å². The number of urea groups is 1. The third-order valence-corrected chi connectivity index (χ3v) is 7.31. The van der Waals surface area contributed by atoms with Crippen LogP contribution < -0.4 is 5.32 Å². The molecule has 2 saturated heterocycles. The first-order valence-electron chi connectivity index (χ1n) is 12.0. The number of aliphatic hydroxyl groups is 1. The normalized spacial score (nSPS) is 19.8. The standard InChI is InChI=1S/C28H36N4O2/c1-20(2)22-7-9-23(10-8-22)28(34,27(5)18-31(6)19-27)24-15-21(16-29-17-24)11-12-26(3,4)32-14-13-30-25(32)33/h7-10,15-17,20,34H,13-14,18-19H2,1-6H3,(H,30,33). The molecule has 6 heteroatoms. The lowest BCUT2D eigenvalue weighted by Crippen LogP contribution is -2.63. The van der Waals surface area contributed by atoms with Crippen LogP contribution >= 0.6 is 0 Å². The van der Waals surface area contributed by atoms with Gasteiger partial charge in [-0.3, -0.25) is 4.98 Å². The molecule has 0 radical (unpaired) electrons. The number of nitrogens with zero attached hydrogens (tertiary/aromatic N) is 3. The van der Waals surface area contributed by atoms with Crippen LogP contribution in [0.25, 0.3) is 0 Å². The Bertz CT molecular complexity index is 1120. The molecule has 2 aliphatic heterocycles. The lowest BCUT2D eigenvalue weighted by Gasteiger charge is -2.55. The van der Waals surface area contributed by atoms with Crippen LogP contribution in [-0.2, 0) is 5.60 Å². The van der Waals surface area contributed by atoms with Crippen LogP contribution in [0.15, 0.2) is 42.7 Å². The predicted octanol–water partition coefficient (Wildman–Crippen LogP) is 3.55. The Balaban J connectivity index is 1.73. The molecule has 0 saturated carbocycles. The highest BCUT2D eigenvalue weighted by Gasteiger charge is 2.55. The van der Waals surface area contributed by atoms with E-state index in [4.69, 9.17) is 0 Å². The fraction of sp³-hybridized carbons (Fsp3) is 0.500. The lowest BCUT2D eigenvalue weighted by molar-refractivity contribution is -0.127. The minimum atomic E-state index is -1.20. The summed E-state index contributed by atoms with van der Waals surface area (Å²) in [7, 11) is 2.07. The van der Waals surface area contributed by atoms with Crippen LogP contribution in [0, 0.1) is 17.3 Å². The van der Waals surface area contributed by atoms with Crippen molar-refractivity contribution in [3.8, 4) is 11.8 Å². The average Bonchev–Trinajstić information content (AvgIpc) is 3.23. The Hall–Kier alpha value is -2.88. The Morgan fingerprint density at radius 3 is 2.38 bits per heavy atom. The number of aromatic nitrogens is 1. The van der Waals surface area contributed by atoms with Gasteiger partial charge in [0.05, 0.1) is 0 Å². The van der Waals surface area contributed by atoms with Gasteiger partial charge in [0.2, 0.25) is 0 Å². The highest BCUT2D eigenvalue weighted by Crippen LogP contribution is 2.50. The maximum atomic E-state index is 12.4. The van der Waals surface area contributed by atoms with Crippen molar-refractivity contribution in [2.75, 3.05) is 33.2 Å². The zero-order chi connectivity index (χ0) is 24.7. The average molecular weight is 461 g/mol. The van der Waals surface area contributed by atoms with Gasteiger partial charge in [-0.05, 0) is 44.0 Å². The molecule has 3 heterocycles. The molecule has 4 rings (SSSR count). The summed E-state index contributed by atoms with van der Waals surface area (Å²) in [4.78, 5) is 20.5. The molecule has 1 unspecified atom stereocenters. The molecule has 0 spiro atoms. The predicted molar refractivity (Wildman–Crippen MR) is 134 cm³/mol. The van der Waals surface area contributed by atoms with E-state index in [9.17, 15) is 9.90 Å². The second kappa shape index (κ2) is 8.72. The molecule has 34 heavy (non-hydrogen) atoms. The lowest BCUT2D eigenvalue weighted by atomic mass is 9.62. The van der Waals surface area contributed by atoms with Crippen LogP contribution in [0.3, 0.4) is 0 Å². The van der Waals surface area contributed by atoms with Crippen molar-refractivity contribution in [1.29, 1.82) is 0 Å². The first-order chi connectivity index (χ1) is 16.0. The molecule has 2 amide bonds. The van der Waals surface area contributed by atoms with Gasteiger partial charge in [-0.2, -0.15) is 0 Å². The van der Waals surface area contributed by atoms with E-state index in [2.05, 4.69) is 67.0 Å². The molecule has 180 valence electrons. The van der Waals surface area contributed by atoms with Crippen molar-refractivity contribution in [1.82, 2.24) is 20.1 Å². The molecule has 1 aromatic carbocycles. The summed E-state index contributed by atoms with van der Waals surface area (Å²) in [6.45, 7) is 13.2. The number of likely N-dealkylation sites (tertiary alicyclic amines) is 1. The maximum Gasteiger partial charge on any atom is 0.318 e. The summed E-state index contributed by atoms with van der Waals surface area (Å²) < 4.78 is 0. The largest absolute Gasteiger partial charge is 0.380 e. The number of hydrogen-bond donors (Lipinski definition) is 2. The molecule has 2 N–H and O–H groups in total. The van der Waals surface area contributed by atoms with Gasteiger partial charge in [0.25, 0.3) is 0 Å². The van der Waals surface area contributed by atoms with Crippen molar-refractivity contribution in [2.45, 2.75) is 51.7 Å². The SMILES string of the molecule is CC(C)c1ccc(C(O)(c2cncc(C#CC(C)(C)N3CCNC3=O)c2)C2(C)CN(C)C2)cc1. The van der Waals surface area contributed by atoms with Crippen LogP contribution in [0.1, 0.15) is 62.8 Å². The van der Waals surface area contributed by atoms with E-state index < -0.39 is 11.1 Å². The molecule has 2 fully saturated rings. The van der Waals surface area contributed by atoms with E-state index in [1.54, 1.807) is 17.3 Å². The van der Waals surface area contributed by atoms with Crippen LogP contribution in [0.5, 0.6) is 0 Å². The zero-order valence-electron chi connectivity index (χ0n) is 21.1. The van der Waals surface area contributed by atoms with Crippen molar-refractivity contribution >= 4 is 6.03 Å². The molecule has 6 nitrogen and oxygen atoms in total. The van der Waals surface area contributed by atoms with Crippen molar-refractivity contribution < 1.29 is 9.90 Å². The van der Waals surface area contributed by atoms with E-state index in [0.29, 0.717) is 19.0 Å². The van der Waals surface area contributed by atoms with E-state index >= 15 is 0 Å². The fourth-order valence-corrected chi connectivity index (χ4v) is 5.35. The highest BCUT2D eigenvalue weighted by atomic mass is 16.3. The summed E-state index contributed by atoms with van der Waals surface area (Å²) in [6, 6.07) is 10.2. The second-order valence-electron chi connectivity index (χ2n) is 10.9. The molecule has 1 aromatic heterocycles. The summed E-state index contributed by atoms with van der Waals surface area (Å²) in [5.41, 5.74) is 1.40. The Morgan fingerprint density at radius 1 is 1.15 bits per heavy atom. The molecule has 2 aliphatic rings. The maximum absolute atomic E-state index is 12.4. The number of benzene rings is 1. The Kier molecular flexibility index (Phi) is 6.22. The van der Waals surface area contributed by atoms with Gasteiger partial charge in [-0.15, -0.1) is 0 Å². The second-order valence-corrected chi connectivity index (χ2v) is 10.9. The molecule has 0 bridgehead atoms. The third kappa shape index (κ3) is 4.19. The number of pyridine rings is 1. The first-order valence-corrected chi connectivity index (χ1v) is 12.0. The van der Waals surface area contributed by atoms with Crippen molar-refractivity contribution in [3.05, 3.63) is 65.0 Å². The van der Waals surface area contributed by atoms with Crippen LogP contribution in [0.2, 0.25) is 0 Å². The van der Waals surface area contributed by atoms with E-state index in [0.717, 1.165) is 29.8 Å². The molecular formula is C28H36N4O2. The van der Waals surface area contributed by atoms with Gasteiger partial charge in [0.1, 0.15) is 11.1 Å². The molecule has 0 aliphatic carbocycles. The van der Waals surface area contributed by atoms with Gasteiger partial charge in [-0.25, -0.2) is 4.79 Å². The minimum Gasteiger partial charge on any atom is -0.380 e. The highest BCUT2D eigenvalue weighted by molar-refractivity contribution is 5.77. The minimum absolute atomic E-state index is 0.0903. The summed E-state index contributed by atoms with van der Waals surface area (Å²) >= 11 is 0.